The smallest absolute Gasteiger partial charge is 0.387 e. The fourth-order valence-corrected chi connectivity index (χ4v) is 3.41. The van der Waals surface area contributed by atoms with Crippen molar-refractivity contribution in [3.8, 4) is 5.75 Å². The highest BCUT2D eigenvalue weighted by Crippen LogP contribution is 2.25. The summed E-state index contributed by atoms with van der Waals surface area (Å²) in [7, 11) is 1.86. The van der Waals surface area contributed by atoms with Gasteiger partial charge in [0, 0.05) is 19.4 Å². The summed E-state index contributed by atoms with van der Waals surface area (Å²) >= 11 is 1.34. The first-order valence-electron chi connectivity index (χ1n) is 8.52. The molecule has 0 saturated carbocycles. The van der Waals surface area contributed by atoms with E-state index in [9.17, 15) is 13.6 Å². The number of alkyl halides is 2. The molecule has 2 aromatic carbocycles. The molecule has 146 valence electrons. The van der Waals surface area contributed by atoms with E-state index in [1.54, 1.807) is 18.3 Å². The average Bonchev–Trinajstić information content (AvgIpc) is 3.10. The Bertz CT molecular complexity index is 901. The summed E-state index contributed by atoms with van der Waals surface area (Å²) in [5.41, 5.74) is 1.66. The van der Waals surface area contributed by atoms with Gasteiger partial charge < -0.3 is 14.6 Å². The molecule has 0 aliphatic rings. The maximum Gasteiger partial charge on any atom is 0.387 e. The van der Waals surface area contributed by atoms with Crippen molar-refractivity contribution in [1.82, 2.24) is 14.9 Å². The molecule has 1 amide bonds. The van der Waals surface area contributed by atoms with Gasteiger partial charge in [0.2, 0.25) is 5.91 Å². The van der Waals surface area contributed by atoms with Crippen molar-refractivity contribution in [3.05, 3.63) is 78.1 Å². The van der Waals surface area contributed by atoms with E-state index in [1.807, 2.05) is 48.1 Å². The number of carbonyl (C=O) groups excluding carboxylic acids is 1. The van der Waals surface area contributed by atoms with E-state index < -0.39 is 12.7 Å². The van der Waals surface area contributed by atoms with Crippen LogP contribution in [0.2, 0.25) is 0 Å². The number of aryl methyl sites for hydroxylation is 1. The summed E-state index contributed by atoms with van der Waals surface area (Å²) in [6.07, 6.45) is 3.49. The van der Waals surface area contributed by atoms with Gasteiger partial charge in [0.25, 0.3) is 0 Å². The number of ether oxygens (including phenoxy) is 1. The number of benzene rings is 2. The summed E-state index contributed by atoms with van der Waals surface area (Å²) < 4.78 is 31.0. The molecule has 1 heterocycles. The van der Waals surface area contributed by atoms with Crippen LogP contribution in [0.3, 0.4) is 0 Å². The zero-order valence-electron chi connectivity index (χ0n) is 15.1. The van der Waals surface area contributed by atoms with Gasteiger partial charge in [0.1, 0.15) is 5.75 Å². The summed E-state index contributed by atoms with van der Waals surface area (Å²) in [5, 5.41) is 3.76. The van der Waals surface area contributed by atoms with Crippen LogP contribution in [-0.4, -0.2) is 27.8 Å². The Morgan fingerprint density at radius 2 is 1.82 bits per heavy atom. The summed E-state index contributed by atoms with van der Waals surface area (Å²) in [6, 6.07) is 15.3. The first-order valence-corrected chi connectivity index (χ1v) is 9.50. The SMILES string of the molecule is Cn1ccnc1SCC(=O)N[C@@H](c1ccccc1)c1ccc(OC(F)F)cc1. The number of hydrogen-bond donors (Lipinski definition) is 1. The Balaban J connectivity index is 1.74. The average molecular weight is 403 g/mol. The van der Waals surface area contributed by atoms with E-state index in [1.165, 1.54) is 23.9 Å². The molecule has 1 aromatic heterocycles. The predicted octanol–water partition coefficient (Wildman–Crippen LogP) is 4.02. The number of imidazole rings is 1. The lowest BCUT2D eigenvalue weighted by atomic mass is 9.98. The fraction of sp³-hybridized carbons (Fsp3) is 0.200. The molecule has 3 aromatic rings. The number of thioether (sulfide) groups is 1. The highest BCUT2D eigenvalue weighted by molar-refractivity contribution is 7.99. The van der Waals surface area contributed by atoms with Crippen molar-refractivity contribution in [1.29, 1.82) is 0 Å². The fourth-order valence-electron chi connectivity index (χ4n) is 2.67. The first kappa shape index (κ1) is 19.9. The molecule has 28 heavy (non-hydrogen) atoms. The van der Waals surface area contributed by atoms with E-state index in [0.717, 1.165) is 16.3 Å². The van der Waals surface area contributed by atoms with Gasteiger partial charge in [-0.25, -0.2) is 4.98 Å². The molecule has 0 radical (unpaired) electrons. The molecular formula is C20H19F2N3O2S. The number of hydrogen-bond acceptors (Lipinski definition) is 4. The molecule has 0 bridgehead atoms. The van der Waals surface area contributed by atoms with Crippen molar-refractivity contribution < 1.29 is 18.3 Å². The summed E-state index contributed by atoms with van der Waals surface area (Å²) in [4.78, 5) is 16.7. The summed E-state index contributed by atoms with van der Waals surface area (Å²) in [5.74, 6) is 0.123. The maximum absolute atomic E-state index is 12.5. The molecule has 0 aliphatic carbocycles. The van der Waals surface area contributed by atoms with Crippen molar-refractivity contribution >= 4 is 17.7 Å². The number of nitrogens with one attached hydrogen (secondary N) is 1. The molecule has 0 unspecified atom stereocenters. The molecule has 0 fully saturated rings. The zero-order valence-corrected chi connectivity index (χ0v) is 15.9. The topological polar surface area (TPSA) is 56.2 Å². The molecule has 0 saturated heterocycles. The minimum atomic E-state index is -2.88. The van der Waals surface area contributed by atoms with E-state index in [2.05, 4.69) is 15.0 Å². The molecule has 5 nitrogen and oxygen atoms in total. The lowest BCUT2D eigenvalue weighted by Crippen LogP contribution is -2.30. The Morgan fingerprint density at radius 1 is 1.14 bits per heavy atom. The summed E-state index contributed by atoms with van der Waals surface area (Å²) in [6.45, 7) is -2.88. The molecule has 1 atom stereocenters. The van der Waals surface area contributed by atoms with Crippen LogP contribution in [0.5, 0.6) is 5.75 Å². The van der Waals surface area contributed by atoms with Crippen LogP contribution in [0.25, 0.3) is 0 Å². The van der Waals surface area contributed by atoms with Crippen LogP contribution < -0.4 is 10.1 Å². The maximum atomic E-state index is 12.5. The standard InChI is InChI=1S/C20H19F2N3O2S/c1-25-12-11-23-20(25)28-13-17(26)24-18(14-5-3-2-4-6-14)15-7-9-16(10-8-15)27-19(21)22/h2-12,18-19H,13H2,1H3,(H,24,26)/t18-/m0/s1. The third-order valence-corrected chi connectivity index (χ3v) is 5.04. The van der Waals surface area contributed by atoms with Gasteiger partial charge in [-0.15, -0.1) is 0 Å². The number of rotatable bonds is 8. The molecule has 8 heteroatoms. The van der Waals surface area contributed by atoms with E-state index >= 15 is 0 Å². The van der Waals surface area contributed by atoms with Gasteiger partial charge in [-0.05, 0) is 23.3 Å². The molecule has 3 rings (SSSR count). The Morgan fingerprint density at radius 3 is 2.43 bits per heavy atom. The number of carbonyl (C=O) groups is 1. The van der Waals surface area contributed by atoms with Crippen LogP contribution in [0.4, 0.5) is 8.78 Å². The van der Waals surface area contributed by atoms with Crippen LogP contribution in [0, 0.1) is 0 Å². The van der Waals surface area contributed by atoms with Gasteiger partial charge in [-0.3, -0.25) is 4.79 Å². The lowest BCUT2D eigenvalue weighted by Gasteiger charge is -2.20. The Hall–Kier alpha value is -2.87. The third kappa shape index (κ3) is 5.32. The Kier molecular flexibility index (Phi) is 6.65. The minimum absolute atomic E-state index is 0.0715. The van der Waals surface area contributed by atoms with Gasteiger partial charge >= 0.3 is 6.61 Å². The van der Waals surface area contributed by atoms with Crippen LogP contribution in [-0.2, 0) is 11.8 Å². The second-order valence-electron chi connectivity index (χ2n) is 5.97. The molecular weight excluding hydrogens is 384 g/mol. The zero-order chi connectivity index (χ0) is 19.9. The van der Waals surface area contributed by atoms with Crippen molar-refractivity contribution in [2.45, 2.75) is 17.8 Å². The number of aromatic nitrogens is 2. The van der Waals surface area contributed by atoms with Crippen LogP contribution in [0.1, 0.15) is 17.2 Å². The molecule has 1 N–H and O–H groups in total. The van der Waals surface area contributed by atoms with Crippen molar-refractivity contribution in [2.24, 2.45) is 7.05 Å². The second-order valence-corrected chi connectivity index (χ2v) is 6.91. The quantitative estimate of drug-likeness (QED) is 0.577. The van der Waals surface area contributed by atoms with E-state index in [4.69, 9.17) is 0 Å². The van der Waals surface area contributed by atoms with Crippen molar-refractivity contribution in [2.75, 3.05) is 5.75 Å². The normalized spacial score (nSPS) is 12.0. The third-order valence-electron chi connectivity index (χ3n) is 3.99. The lowest BCUT2D eigenvalue weighted by molar-refractivity contribution is -0.119. The van der Waals surface area contributed by atoms with Crippen LogP contribution in [0.15, 0.2) is 72.1 Å². The first-order chi connectivity index (χ1) is 13.5. The van der Waals surface area contributed by atoms with Gasteiger partial charge in [-0.1, -0.05) is 54.2 Å². The molecule has 0 aliphatic heterocycles. The second kappa shape index (κ2) is 9.36. The largest absolute Gasteiger partial charge is 0.435 e. The predicted molar refractivity (Wildman–Crippen MR) is 103 cm³/mol. The highest BCUT2D eigenvalue weighted by atomic mass is 32.2. The van der Waals surface area contributed by atoms with Gasteiger partial charge in [-0.2, -0.15) is 8.78 Å². The number of amides is 1. The highest BCUT2D eigenvalue weighted by Gasteiger charge is 2.18. The van der Waals surface area contributed by atoms with E-state index in [-0.39, 0.29) is 17.4 Å². The minimum Gasteiger partial charge on any atom is -0.435 e. The van der Waals surface area contributed by atoms with E-state index in [0.29, 0.717) is 0 Å². The number of halogens is 2. The van der Waals surface area contributed by atoms with Gasteiger partial charge in [0.15, 0.2) is 5.16 Å². The monoisotopic (exact) mass is 403 g/mol. The molecule has 0 spiro atoms. The number of nitrogens with zero attached hydrogens (tertiary/aromatic N) is 2. The van der Waals surface area contributed by atoms with Crippen LogP contribution >= 0.6 is 11.8 Å². The Labute approximate surface area is 165 Å². The van der Waals surface area contributed by atoms with Gasteiger partial charge in [0.05, 0.1) is 11.8 Å². The van der Waals surface area contributed by atoms with Crippen molar-refractivity contribution in [3.63, 3.8) is 0 Å².